The zero-order valence-electron chi connectivity index (χ0n) is 15.8. The van der Waals surface area contributed by atoms with Gasteiger partial charge in [-0.25, -0.2) is 0 Å². The first kappa shape index (κ1) is 21.7. The van der Waals surface area contributed by atoms with Crippen LogP contribution in [0, 0.1) is 11.5 Å². The van der Waals surface area contributed by atoms with Gasteiger partial charge in [0.25, 0.3) is 0 Å². The van der Waals surface area contributed by atoms with Crippen molar-refractivity contribution < 1.29 is 4.74 Å². The van der Waals surface area contributed by atoms with Gasteiger partial charge in [0.15, 0.2) is 0 Å². The van der Waals surface area contributed by atoms with E-state index in [0.717, 1.165) is 26.1 Å². The van der Waals surface area contributed by atoms with E-state index in [1.807, 2.05) is 0 Å². The van der Waals surface area contributed by atoms with E-state index in [-0.39, 0.29) is 0 Å². The summed E-state index contributed by atoms with van der Waals surface area (Å²) < 4.78 is 5.49. The molecule has 0 N–H and O–H groups in total. The lowest BCUT2D eigenvalue weighted by Gasteiger charge is -2.04. The van der Waals surface area contributed by atoms with Gasteiger partial charge in [-0.3, -0.25) is 0 Å². The van der Waals surface area contributed by atoms with Crippen LogP contribution in [-0.4, -0.2) is 21.3 Å². The third kappa shape index (κ3) is 19.7. The molecule has 0 amide bonds. The van der Waals surface area contributed by atoms with Crippen LogP contribution in [0.2, 0.25) is 19.6 Å². The van der Waals surface area contributed by atoms with Crippen molar-refractivity contribution in [1.29, 1.82) is 0 Å². The van der Waals surface area contributed by atoms with Gasteiger partial charge in [0, 0.05) is 19.6 Å². The van der Waals surface area contributed by atoms with Crippen LogP contribution in [-0.2, 0) is 4.74 Å². The topological polar surface area (TPSA) is 9.23 Å². The van der Waals surface area contributed by atoms with Crippen LogP contribution >= 0.6 is 0 Å². The Morgan fingerprint density at radius 3 is 1.68 bits per heavy atom. The summed E-state index contributed by atoms with van der Waals surface area (Å²) in [6.07, 6.45) is 16.0. The lowest BCUT2D eigenvalue weighted by atomic mass is 10.1. The number of ether oxygens (including phenoxy) is 1. The largest absolute Gasteiger partial charge is 0.381 e. The van der Waals surface area contributed by atoms with Crippen molar-refractivity contribution in [2.24, 2.45) is 0 Å². The third-order valence-electron chi connectivity index (χ3n) is 3.65. The van der Waals surface area contributed by atoms with E-state index < -0.39 is 8.07 Å². The highest BCUT2D eigenvalue weighted by Gasteiger charge is 2.06. The monoisotopic (exact) mass is 324 g/mol. The second kappa shape index (κ2) is 15.6. The van der Waals surface area contributed by atoms with E-state index in [4.69, 9.17) is 4.74 Å². The molecule has 0 saturated carbocycles. The quantitative estimate of drug-likeness (QED) is 0.199. The van der Waals surface area contributed by atoms with Crippen LogP contribution < -0.4 is 0 Å². The van der Waals surface area contributed by atoms with Gasteiger partial charge in [0.1, 0.15) is 8.07 Å². The number of hydrogen-bond donors (Lipinski definition) is 0. The molecule has 0 aliphatic rings. The number of hydrogen-bond acceptors (Lipinski definition) is 1. The minimum Gasteiger partial charge on any atom is -0.381 e. The number of unbranched alkanes of at least 4 members (excludes halogenated alkanes) is 10. The normalized spacial score (nSPS) is 11.3. The Balaban J connectivity index is 3.10. The maximum absolute atomic E-state index is 5.49. The zero-order valence-corrected chi connectivity index (χ0v) is 16.8. The van der Waals surface area contributed by atoms with Crippen LogP contribution in [0.15, 0.2) is 0 Å². The minimum absolute atomic E-state index is 0.934. The fourth-order valence-electron chi connectivity index (χ4n) is 2.41. The van der Waals surface area contributed by atoms with Gasteiger partial charge >= 0.3 is 0 Å². The molecule has 0 aliphatic carbocycles. The Kier molecular flexibility index (Phi) is 15.4. The van der Waals surface area contributed by atoms with Crippen molar-refractivity contribution in [3.63, 3.8) is 0 Å². The number of rotatable bonds is 14. The third-order valence-corrected chi connectivity index (χ3v) is 4.58. The molecule has 0 spiro atoms. The van der Waals surface area contributed by atoms with Crippen LogP contribution in [0.1, 0.15) is 84.0 Å². The molecule has 0 bridgehead atoms. The first-order valence-corrected chi connectivity index (χ1v) is 13.1. The molecule has 0 atom stereocenters. The van der Waals surface area contributed by atoms with Crippen molar-refractivity contribution >= 4 is 8.07 Å². The van der Waals surface area contributed by atoms with Gasteiger partial charge in [0.2, 0.25) is 0 Å². The van der Waals surface area contributed by atoms with Gasteiger partial charge in [0.05, 0.1) is 0 Å². The lowest BCUT2D eigenvalue weighted by molar-refractivity contribution is 0.130. The molecule has 130 valence electrons. The standard InChI is InChI=1S/C20H40OSi/c1-5-18-21-19-16-14-12-10-8-6-7-9-11-13-15-17-20-22(2,3)4/h5-16,18-19H2,1-4H3. The molecule has 0 unspecified atom stereocenters. The van der Waals surface area contributed by atoms with Crippen LogP contribution in [0.25, 0.3) is 0 Å². The molecule has 0 saturated heterocycles. The van der Waals surface area contributed by atoms with E-state index >= 15 is 0 Å². The van der Waals surface area contributed by atoms with Crippen molar-refractivity contribution in [2.75, 3.05) is 13.2 Å². The summed E-state index contributed by atoms with van der Waals surface area (Å²) >= 11 is 0. The van der Waals surface area contributed by atoms with Crippen LogP contribution in [0.3, 0.4) is 0 Å². The average Bonchev–Trinajstić information content (AvgIpc) is 2.45. The fourth-order valence-corrected chi connectivity index (χ4v) is 3.06. The molecule has 0 heterocycles. The summed E-state index contributed by atoms with van der Waals surface area (Å²) in [5, 5.41) is 0. The van der Waals surface area contributed by atoms with Crippen LogP contribution in [0.4, 0.5) is 0 Å². The van der Waals surface area contributed by atoms with E-state index in [9.17, 15) is 0 Å². The van der Waals surface area contributed by atoms with E-state index in [1.165, 1.54) is 64.2 Å². The maximum Gasteiger partial charge on any atom is 0.129 e. The molecule has 0 aliphatic heterocycles. The van der Waals surface area contributed by atoms with Crippen molar-refractivity contribution in [1.82, 2.24) is 0 Å². The Morgan fingerprint density at radius 1 is 0.682 bits per heavy atom. The van der Waals surface area contributed by atoms with Gasteiger partial charge in [-0.05, 0) is 19.3 Å². The molecule has 0 fully saturated rings. The molecular formula is C20H40OSi. The Morgan fingerprint density at radius 2 is 1.18 bits per heavy atom. The highest BCUT2D eigenvalue weighted by atomic mass is 28.3. The Hall–Kier alpha value is -0.263. The summed E-state index contributed by atoms with van der Waals surface area (Å²) in [7, 11) is -1.13. The first-order valence-electron chi connectivity index (χ1n) is 9.64. The predicted octanol–water partition coefficient (Wildman–Crippen LogP) is 6.58. The van der Waals surface area contributed by atoms with E-state index in [1.54, 1.807) is 0 Å². The summed E-state index contributed by atoms with van der Waals surface area (Å²) in [5.74, 6) is 3.37. The maximum atomic E-state index is 5.49. The SMILES string of the molecule is CCCOCCCCCCCCCCCCC#C[Si](C)(C)C. The van der Waals surface area contributed by atoms with Gasteiger partial charge in [-0.2, -0.15) is 0 Å². The Bertz CT molecular complexity index is 282. The molecule has 1 nitrogen and oxygen atoms in total. The molecule has 2 heteroatoms. The minimum atomic E-state index is -1.13. The second-order valence-corrected chi connectivity index (χ2v) is 12.2. The molecule has 0 aromatic heterocycles. The predicted molar refractivity (Wildman–Crippen MR) is 103 cm³/mol. The Labute approximate surface area is 141 Å². The zero-order chi connectivity index (χ0) is 16.5. The van der Waals surface area contributed by atoms with Gasteiger partial charge < -0.3 is 4.74 Å². The molecule has 0 aromatic rings. The highest BCUT2D eigenvalue weighted by molar-refractivity contribution is 6.83. The molecule has 22 heavy (non-hydrogen) atoms. The molecule has 0 aromatic carbocycles. The second-order valence-electron chi connectivity index (χ2n) is 7.45. The van der Waals surface area contributed by atoms with Crippen molar-refractivity contribution in [3.8, 4) is 11.5 Å². The summed E-state index contributed by atoms with van der Waals surface area (Å²) in [5.41, 5.74) is 3.45. The molecule has 0 radical (unpaired) electrons. The smallest absolute Gasteiger partial charge is 0.129 e. The summed E-state index contributed by atoms with van der Waals surface area (Å²) in [6, 6.07) is 0. The lowest BCUT2D eigenvalue weighted by Crippen LogP contribution is -2.16. The van der Waals surface area contributed by atoms with E-state index in [2.05, 4.69) is 38.0 Å². The first-order chi connectivity index (χ1) is 10.6. The fraction of sp³-hybridized carbons (Fsp3) is 0.900. The van der Waals surface area contributed by atoms with Crippen LogP contribution in [0.5, 0.6) is 0 Å². The van der Waals surface area contributed by atoms with Gasteiger partial charge in [-0.1, -0.05) is 77.9 Å². The highest BCUT2D eigenvalue weighted by Crippen LogP contribution is 2.11. The average molecular weight is 325 g/mol. The summed E-state index contributed by atoms with van der Waals surface area (Å²) in [4.78, 5) is 0. The van der Waals surface area contributed by atoms with Gasteiger partial charge in [-0.15, -0.1) is 11.5 Å². The van der Waals surface area contributed by atoms with Crippen molar-refractivity contribution in [3.05, 3.63) is 0 Å². The molecule has 0 rings (SSSR count). The summed E-state index contributed by atoms with van der Waals surface area (Å²) in [6.45, 7) is 11.0. The van der Waals surface area contributed by atoms with Crippen molar-refractivity contribution in [2.45, 2.75) is 104 Å². The van der Waals surface area contributed by atoms with E-state index in [0.29, 0.717) is 0 Å². The molecular weight excluding hydrogens is 284 g/mol.